The minimum absolute atomic E-state index is 0.0996. The molecule has 0 aliphatic carbocycles. The molecule has 0 spiro atoms. The Morgan fingerprint density at radius 3 is 2.57 bits per heavy atom. The average Bonchev–Trinajstić information content (AvgIpc) is 2.52. The lowest BCUT2D eigenvalue weighted by Gasteiger charge is -2.11. The topological polar surface area (TPSA) is 73.9 Å². The summed E-state index contributed by atoms with van der Waals surface area (Å²) in [5, 5.41) is 2.75. The van der Waals surface area contributed by atoms with Crippen molar-refractivity contribution in [1.29, 1.82) is 0 Å². The molecule has 0 aromatic heterocycles. The van der Waals surface area contributed by atoms with E-state index >= 15 is 0 Å². The van der Waals surface area contributed by atoms with E-state index in [1.54, 1.807) is 12.1 Å². The molecule has 6 heteroatoms. The molecule has 0 radical (unpaired) electrons. The van der Waals surface area contributed by atoms with Crippen LogP contribution in [0.2, 0.25) is 0 Å². The van der Waals surface area contributed by atoms with Crippen LogP contribution in [0.15, 0.2) is 18.2 Å². The minimum Gasteiger partial charge on any atom is -0.493 e. The van der Waals surface area contributed by atoms with Gasteiger partial charge in [-0.3, -0.25) is 4.79 Å². The first-order chi connectivity index (χ1) is 10.1. The maximum Gasteiger partial charge on any atom is 0.337 e. The van der Waals surface area contributed by atoms with Gasteiger partial charge in [0.2, 0.25) is 0 Å². The maximum atomic E-state index is 11.6. The molecule has 0 saturated heterocycles. The molecule has 1 aromatic carbocycles. The number of benzene rings is 1. The van der Waals surface area contributed by atoms with Gasteiger partial charge in [0.1, 0.15) is 0 Å². The molecule has 0 aliphatic heterocycles. The summed E-state index contributed by atoms with van der Waals surface area (Å²) in [6.45, 7) is 2.59. The van der Waals surface area contributed by atoms with Gasteiger partial charge in [-0.2, -0.15) is 0 Å². The van der Waals surface area contributed by atoms with Gasteiger partial charge in [-0.25, -0.2) is 4.79 Å². The highest BCUT2D eigenvalue weighted by molar-refractivity contribution is 5.90. The fourth-order valence-electron chi connectivity index (χ4n) is 1.63. The number of hydrogen-bond acceptors (Lipinski definition) is 5. The number of carbonyl (C=O) groups is 2. The number of carbonyl (C=O) groups excluding carboxylic acids is 2. The Labute approximate surface area is 124 Å². The van der Waals surface area contributed by atoms with Crippen molar-refractivity contribution >= 4 is 11.9 Å². The van der Waals surface area contributed by atoms with Gasteiger partial charge < -0.3 is 19.5 Å². The molecule has 1 aromatic rings. The van der Waals surface area contributed by atoms with E-state index in [0.29, 0.717) is 23.6 Å². The number of hydrogen-bond donors (Lipinski definition) is 1. The van der Waals surface area contributed by atoms with Crippen LogP contribution in [0.4, 0.5) is 0 Å². The van der Waals surface area contributed by atoms with Gasteiger partial charge in [0, 0.05) is 6.54 Å². The largest absolute Gasteiger partial charge is 0.493 e. The average molecular weight is 295 g/mol. The van der Waals surface area contributed by atoms with Crippen molar-refractivity contribution in [2.24, 2.45) is 0 Å². The summed E-state index contributed by atoms with van der Waals surface area (Å²) in [5.74, 6) is 0.120. The first-order valence-corrected chi connectivity index (χ1v) is 6.78. The van der Waals surface area contributed by atoms with Crippen LogP contribution in [0.3, 0.4) is 0 Å². The molecular formula is C15H21NO5. The van der Waals surface area contributed by atoms with Crippen LogP contribution in [0.5, 0.6) is 11.5 Å². The zero-order valence-electron chi connectivity index (χ0n) is 12.6. The maximum absolute atomic E-state index is 11.6. The lowest BCUT2D eigenvalue weighted by molar-refractivity contribution is -0.123. The first-order valence-electron chi connectivity index (χ1n) is 6.78. The molecule has 21 heavy (non-hydrogen) atoms. The summed E-state index contributed by atoms with van der Waals surface area (Å²) < 4.78 is 15.2. The molecule has 6 nitrogen and oxygen atoms in total. The molecular weight excluding hydrogens is 274 g/mol. The second-order valence-electron chi connectivity index (χ2n) is 4.35. The smallest absolute Gasteiger partial charge is 0.337 e. The highest BCUT2D eigenvalue weighted by Gasteiger charge is 2.12. The quantitative estimate of drug-likeness (QED) is 0.584. The van der Waals surface area contributed by atoms with E-state index in [1.165, 1.54) is 20.3 Å². The molecule has 0 aliphatic rings. The van der Waals surface area contributed by atoms with Crippen molar-refractivity contribution in [3.8, 4) is 11.5 Å². The van der Waals surface area contributed by atoms with E-state index in [1.807, 2.05) is 0 Å². The third kappa shape index (κ3) is 5.33. The molecule has 0 bridgehead atoms. The fraction of sp³-hybridized carbons (Fsp3) is 0.467. The Morgan fingerprint density at radius 1 is 1.19 bits per heavy atom. The minimum atomic E-state index is -0.461. The molecule has 1 N–H and O–H groups in total. The zero-order valence-corrected chi connectivity index (χ0v) is 12.6. The summed E-state index contributed by atoms with van der Waals surface area (Å²) in [4.78, 5) is 23.0. The highest BCUT2D eigenvalue weighted by atomic mass is 16.5. The van der Waals surface area contributed by atoms with Crippen LogP contribution in [0.1, 0.15) is 30.1 Å². The Hall–Kier alpha value is -2.24. The predicted octanol–water partition coefficient (Wildman–Crippen LogP) is 1.78. The summed E-state index contributed by atoms with van der Waals surface area (Å²) in [7, 11) is 2.77. The van der Waals surface area contributed by atoms with Crippen molar-refractivity contribution in [2.75, 3.05) is 27.4 Å². The SMILES string of the molecule is CCCCNC(=O)COc1ccc(C(=O)OC)cc1OC. The monoisotopic (exact) mass is 295 g/mol. The number of amides is 1. The van der Waals surface area contributed by atoms with Crippen LogP contribution in [0, 0.1) is 0 Å². The van der Waals surface area contributed by atoms with E-state index in [0.717, 1.165) is 12.8 Å². The van der Waals surface area contributed by atoms with Gasteiger partial charge in [-0.15, -0.1) is 0 Å². The third-order valence-electron chi connectivity index (χ3n) is 2.80. The Balaban J connectivity index is 2.62. The second-order valence-corrected chi connectivity index (χ2v) is 4.35. The molecule has 0 saturated carbocycles. The van der Waals surface area contributed by atoms with E-state index in [2.05, 4.69) is 17.0 Å². The van der Waals surface area contributed by atoms with E-state index < -0.39 is 5.97 Å². The highest BCUT2D eigenvalue weighted by Crippen LogP contribution is 2.28. The normalized spacial score (nSPS) is 9.86. The Morgan fingerprint density at radius 2 is 1.95 bits per heavy atom. The number of methoxy groups -OCH3 is 2. The summed E-state index contributed by atoms with van der Waals surface area (Å²) in [5.41, 5.74) is 0.356. The molecule has 1 rings (SSSR count). The molecule has 1 amide bonds. The standard InChI is InChI=1S/C15H21NO5/c1-4-5-8-16-14(17)10-21-12-7-6-11(15(18)20-3)9-13(12)19-2/h6-7,9H,4-5,8,10H2,1-3H3,(H,16,17). The van der Waals surface area contributed by atoms with Crippen molar-refractivity contribution in [3.05, 3.63) is 23.8 Å². The van der Waals surface area contributed by atoms with Crippen LogP contribution >= 0.6 is 0 Å². The third-order valence-corrected chi connectivity index (χ3v) is 2.80. The van der Waals surface area contributed by atoms with Gasteiger partial charge in [0.15, 0.2) is 18.1 Å². The van der Waals surface area contributed by atoms with Crippen LogP contribution < -0.4 is 14.8 Å². The molecule has 0 unspecified atom stereocenters. The number of nitrogens with one attached hydrogen (secondary N) is 1. The zero-order chi connectivity index (χ0) is 15.7. The first kappa shape index (κ1) is 16.8. The number of esters is 1. The summed E-state index contributed by atoms with van der Waals surface area (Å²) in [6.07, 6.45) is 1.95. The summed E-state index contributed by atoms with van der Waals surface area (Å²) >= 11 is 0. The van der Waals surface area contributed by atoms with Gasteiger partial charge in [-0.05, 0) is 24.6 Å². The van der Waals surface area contributed by atoms with Crippen molar-refractivity contribution < 1.29 is 23.8 Å². The number of ether oxygens (including phenoxy) is 3. The van der Waals surface area contributed by atoms with Crippen LogP contribution in [0.25, 0.3) is 0 Å². The van der Waals surface area contributed by atoms with Crippen LogP contribution in [-0.4, -0.2) is 39.2 Å². The van der Waals surface area contributed by atoms with Crippen molar-refractivity contribution in [1.82, 2.24) is 5.32 Å². The second kappa shape index (κ2) is 8.84. The lowest BCUT2D eigenvalue weighted by Crippen LogP contribution is -2.29. The van der Waals surface area contributed by atoms with E-state index in [-0.39, 0.29) is 12.5 Å². The van der Waals surface area contributed by atoms with E-state index in [4.69, 9.17) is 9.47 Å². The number of unbranched alkanes of at least 4 members (excludes halogenated alkanes) is 1. The predicted molar refractivity (Wildman–Crippen MR) is 77.7 cm³/mol. The number of rotatable bonds is 8. The van der Waals surface area contributed by atoms with Crippen molar-refractivity contribution in [3.63, 3.8) is 0 Å². The molecule has 0 heterocycles. The van der Waals surface area contributed by atoms with Crippen LogP contribution in [-0.2, 0) is 9.53 Å². The lowest BCUT2D eigenvalue weighted by atomic mass is 10.2. The van der Waals surface area contributed by atoms with Gasteiger partial charge in [0.25, 0.3) is 5.91 Å². The Kier molecular flexibility index (Phi) is 7.08. The van der Waals surface area contributed by atoms with Gasteiger partial charge in [0.05, 0.1) is 19.8 Å². The summed E-state index contributed by atoms with van der Waals surface area (Å²) in [6, 6.07) is 4.64. The van der Waals surface area contributed by atoms with Gasteiger partial charge >= 0.3 is 5.97 Å². The van der Waals surface area contributed by atoms with Gasteiger partial charge in [-0.1, -0.05) is 13.3 Å². The molecule has 0 atom stereocenters. The molecule has 0 fully saturated rings. The van der Waals surface area contributed by atoms with E-state index in [9.17, 15) is 9.59 Å². The molecule has 116 valence electrons. The Bertz CT molecular complexity index is 487. The fourth-order valence-corrected chi connectivity index (χ4v) is 1.63. The van der Waals surface area contributed by atoms with Crippen molar-refractivity contribution in [2.45, 2.75) is 19.8 Å².